The van der Waals surface area contributed by atoms with Crippen molar-refractivity contribution in [1.29, 1.82) is 0 Å². The number of carbonyl (C=O) groups excluding carboxylic acids is 1. The first-order chi connectivity index (χ1) is 6.36. The Morgan fingerprint density at radius 3 is 2.62 bits per heavy atom. The lowest BCUT2D eigenvalue weighted by molar-refractivity contribution is -0.159. The smallest absolute Gasteiger partial charge is 0.150 e. The minimum atomic E-state index is 0.642. The third kappa shape index (κ3) is 3.45. The molecule has 4 nitrogen and oxygen atoms in total. The van der Waals surface area contributed by atoms with Gasteiger partial charge in [0.1, 0.15) is 18.5 Å². The monoisotopic (exact) mass is 199 g/mol. The van der Waals surface area contributed by atoms with E-state index in [9.17, 15) is 4.79 Å². The molecule has 0 heterocycles. The summed E-state index contributed by atoms with van der Waals surface area (Å²) in [7, 11) is 1.42. The number of anilines is 1. The predicted octanol–water partition coefficient (Wildman–Crippen LogP) is 2.05. The van der Waals surface area contributed by atoms with E-state index < -0.39 is 0 Å². The van der Waals surface area contributed by atoms with Crippen LogP contribution in [0.4, 0.5) is 5.69 Å². The van der Waals surface area contributed by atoms with Gasteiger partial charge in [0.25, 0.3) is 0 Å². The first-order valence-electron chi connectivity index (χ1n) is 3.54. The van der Waals surface area contributed by atoms with Crippen LogP contribution in [0, 0.1) is 0 Å². The molecule has 0 bridgehead atoms. The van der Waals surface area contributed by atoms with Gasteiger partial charge in [-0.15, -0.1) is 4.33 Å². The molecule has 0 aromatic heterocycles. The van der Waals surface area contributed by atoms with Crippen LogP contribution in [-0.4, -0.2) is 13.4 Å². The van der Waals surface area contributed by atoms with Crippen molar-refractivity contribution in [2.45, 2.75) is 0 Å². The zero-order valence-electron chi connectivity index (χ0n) is 7.02. The van der Waals surface area contributed by atoms with Crippen LogP contribution >= 0.6 is 12.2 Å². The van der Waals surface area contributed by atoms with Crippen molar-refractivity contribution in [1.82, 2.24) is 0 Å². The number of benzene rings is 1. The molecule has 0 spiro atoms. The number of rotatable bonds is 5. The lowest BCUT2D eigenvalue weighted by Crippen LogP contribution is -1.89. The Labute approximate surface area is 80.5 Å². The number of nitrogens with one attached hydrogen (secondary N) is 1. The Bertz CT molecular complexity index is 263. The summed E-state index contributed by atoms with van der Waals surface area (Å²) >= 11 is 0.959. The van der Waals surface area contributed by atoms with Gasteiger partial charge in [0.2, 0.25) is 0 Å². The number of hydrogen-bond acceptors (Lipinski definition) is 5. The van der Waals surface area contributed by atoms with Gasteiger partial charge in [-0.1, -0.05) is 0 Å². The molecule has 0 aliphatic heterocycles. The minimum absolute atomic E-state index is 0.642. The van der Waals surface area contributed by atoms with Crippen molar-refractivity contribution >= 4 is 24.2 Å². The second kappa shape index (κ2) is 5.58. The molecule has 5 heteroatoms. The summed E-state index contributed by atoms with van der Waals surface area (Å²) in [6.07, 6.45) is 0.794. The molecule has 1 N–H and O–H groups in total. The van der Waals surface area contributed by atoms with Crippen LogP contribution in [0.25, 0.3) is 0 Å². The molecule has 0 radical (unpaired) electrons. The third-order valence-electron chi connectivity index (χ3n) is 1.31. The molecular formula is C8H9NO3S. The molecule has 0 amide bonds. The second-order valence-electron chi connectivity index (χ2n) is 2.16. The van der Waals surface area contributed by atoms with Crippen molar-refractivity contribution in [3.63, 3.8) is 0 Å². The SMILES string of the molecule is COOSNc1ccc(C=O)cc1. The molecule has 0 fully saturated rings. The first-order valence-corrected chi connectivity index (χ1v) is 4.28. The fourth-order valence-corrected chi connectivity index (χ4v) is 1.06. The van der Waals surface area contributed by atoms with Crippen LogP contribution in [0.5, 0.6) is 0 Å². The van der Waals surface area contributed by atoms with Crippen LogP contribution in [0.2, 0.25) is 0 Å². The highest BCUT2D eigenvalue weighted by molar-refractivity contribution is 7.95. The van der Waals surface area contributed by atoms with E-state index in [1.54, 1.807) is 24.3 Å². The van der Waals surface area contributed by atoms with E-state index in [2.05, 4.69) is 13.9 Å². The zero-order chi connectivity index (χ0) is 9.52. The van der Waals surface area contributed by atoms with Crippen molar-refractivity contribution < 1.29 is 14.0 Å². The van der Waals surface area contributed by atoms with Crippen molar-refractivity contribution in [3.05, 3.63) is 29.8 Å². The average molecular weight is 199 g/mol. The number of carbonyl (C=O) groups is 1. The van der Waals surface area contributed by atoms with Crippen LogP contribution in [-0.2, 0) is 9.22 Å². The van der Waals surface area contributed by atoms with E-state index in [-0.39, 0.29) is 0 Å². The predicted molar refractivity (Wildman–Crippen MR) is 51.1 cm³/mol. The topological polar surface area (TPSA) is 47.6 Å². The highest BCUT2D eigenvalue weighted by atomic mass is 32.2. The largest absolute Gasteiger partial charge is 0.304 e. The Morgan fingerprint density at radius 2 is 2.08 bits per heavy atom. The van der Waals surface area contributed by atoms with E-state index in [4.69, 9.17) is 0 Å². The van der Waals surface area contributed by atoms with Gasteiger partial charge in [0.05, 0.1) is 7.11 Å². The summed E-state index contributed by atoms with van der Waals surface area (Å²) in [6, 6.07) is 6.97. The Kier molecular flexibility index (Phi) is 4.31. The Morgan fingerprint density at radius 1 is 1.38 bits per heavy atom. The quantitative estimate of drug-likeness (QED) is 0.196. The minimum Gasteiger partial charge on any atom is -0.304 e. The maximum Gasteiger partial charge on any atom is 0.150 e. The Balaban J connectivity index is 2.44. The van der Waals surface area contributed by atoms with E-state index >= 15 is 0 Å². The second-order valence-corrected chi connectivity index (χ2v) is 2.67. The summed E-state index contributed by atoms with van der Waals surface area (Å²) < 4.78 is 7.38. The van der Waals surface area contributed by atoms with Gasteiger partial charge >= 0.3 is 0 Å². The first kappa shape index (κ1) is 10.0. The molecule has 1 rings (SSSR count). The van der Waals surface area contributed by atoms with Crippen LogP contribution in [0.1, 0.15) is 10.4 Å². The van der Waals surface area contributed by atoms with Gasteiger partial charge in [-0.3, -0.25) is 4.79 Å². The van der Waals surface area contributed by atoms with Gasteiger partial charge in [-0.2, -0.15) is 0 Å². The van der Waals surface area contributed by atoms with E-state index in [1.165, 1.54) is 7.11 Å². The molecule has 0 saturated carbocycles. The number of aldehydes is 1. The summed E-state index contributed by atoms with van der Waals surface area (Å²) in [5.74, 6) is 0. The van der Waals surface area contributed by atoms with Crippen LogP contribution in [0.3, 0.4) is 0 Å². The Hall–Kier alpha value is -1.04. The summed E-state index contributed by atoms with van der Waals surface area (Å²) in [4.78, 5) is 14.7. The molecule has 13 heavy (non-hydrogen) atoms. The van der Waals surface area contributed by atoms with Crippen molar-refractivity contribution in [2.24, 2.45) is 0 Å². The van der Waals surface area contributed by atoms with E-state index in [0.717, 1.165) is 24.2 Å². The molecule has 0 aliphatic rings. The van der Waals surface area contributed by atoms with E-state index in [1.807, 2.05) is 0 Å². The van der Waals surface area contributed by atoms with E-state index in [0.29, 0.717) is 5.56 Å². The van der Waals surface area contributed by atoms with Gasteiger partial charge < -0.3 is 4.72 Å². The molecule has 0 aliphatic carbocycles. The summed E-state index contributed by atoms with van der Waals surface area (Å²) in [5.41, 5.74) is 1.48. The average Bonchev–Trinajstić information content (AvgIpc) is 2.19. The van der Waals surface area contributed by atoms with Gasteiger partial charge in [0.15, 0.2) is 0 Å². The molecular weight excluding hydrogens is 190 g/mol. The maximum absolute atomic E-state index is 10.3. The maximum atomic E-state index is 10.3. The van der Waals surface area contributed by atoms with Crippen molar-refractivity contribution in [2.75, 3.05) is 11.8 Å². The normalized spacial score (nSPS) is 9.62. The lowest BCUT2D eigenvalue weighted by Gasteiger charge is -2.02. The third-order valence-corrected chi connectivity index (χ3v) is 1.83. The highest BCUT2D eigenvalue weighted by Crippen LogP contribution is 2.13. The molecule has 70 valence electrons. The van der Waals surface area contributed by atoms with Crippen LogP contribution < -0.4 is 4.72 Å². The molecule has 0 unspecified atom stereocenters. The standard InChI is InChI=1S/C8H9NO3S/c1-11-12-13-9-8-4-2-7(6-10)3-5-8/h2-6,9H,1H3. The van der Waals surface area contributed by atoms with Gasteiger partial charge in [0, 0.05) is 11.3 Å². The van der Waals surface area contributed by atoms with Gasteiger partial charge in [-0.05, 0) is 24.3 Å². The molecule has 0 saturated heterocycles. The number of hydrogen-bond donors (Lipinski definition) is 1. The zero-order valence-corrected chi connectivity index (χ0v) is 7.84. The molecule has 1 aromatic carbocycles. The molecule has 0 atom stereocenters. The molecule has 1 aromatic rings. The summed E-state index contributed by atoms with van der Waals surface area (Å²) in [6.45, 7) is 0. The summed E-state index contributed by atoms with van der Waals surface area (Å²) in [5, 5.41) is 0. The fourth-order valence-electron chi connectivity index (χ4n) is 0.729. The van der Waals surface area contributed by atoms with Crippen LogP contribution in [0.15, 0.2) is 24.3 Å². The van der Waals surface area contributed by atoms with Gasteiger partial charge in [-0.25, -0.2) is 4.89 Å². The highest BCUT2D eigenvalue weighted by Gasteiger charge is 1.93. The lowest BCUT2D eigenvalue weighted by atomic mass is 10.2. The fraction of sp³-hybridized carbons (Fsp3) is 0.125. The van der Waals surface area contributed by atoms with Crippen molar-refractivity contribution in [3.8, 4) is 0 Å².